The molecule has 1 aromatic rings. The van der Waals surface area contributed by atoms with E-state index in [4.69, 9.17) is 11.6 Å². The van der Waals surface area contributed by atoms with Crippen LogP contribution in [0.1, 0.15) is 22.6 Å². The van der Waals surface area contributed by atoms with Crippen LogP contribution < -0.4 is 0 Å². The number of carbonyl (C=O) groups is 1. The minimum Gasteiger partial charge on any atom is -0.464 e. The molecule has 0 aliphatic heterocycles. The van der Waals surface area contributed by atoms with Crippen LogP contribution >= 0.6 is 34.2 Å². The number of methoxy groups -OCH3 is 1. The molecule has 0 saturated heterocycles. The zero-order chi connectivity index (χ0) is 11.6. The second-order valence-electron chi connectivity index (χ2n) is 2.48. The third-order valence-corrected chi connectivity index (χ3v) is 3.29. The molecule has 0 bridgehead atoms. The summed E-state index contributed by atoms with van der Waals surface area (Å²) in [7, 11) is 1.14. The van der Waals surface area contributed by atoms with E-state index in [9.17, 15) is 13.6 Å². The number of esters is 1. The summed E-state index contributed by atoms with van der Waals surface area (Å²) < 4.78 is 29.4. The molecule has 0 aliphatic carbocycles. The van der Waals surface area contributed by atoms with Gasteiger partial charge in [-0.1, -0.05) is 11.6 Å². The van der Waals surface area contributed by atoms with Gasteiger partial charge in [0.1, 0.15) is 11.4 Å². The van der Waals surface area contributed by atoms with Gasteiger partial charge in [-0.3, -0.25) is 0 Å². The molecule has 1 rings (SSSR count). The monoisotopic (exact) mass is 347 g/mol. The summed E-state index contributed by atoms with van der Waals surface area (Å²) in [4.78, 5) is 14.5. The first kappa shape index (κ1) is 12.6. The smallest absolute Gasteiger partial charge is 0.356 e. The van der Waals surface area contributed by atoms with E-state index in [1.165, 1.54) is 6.07 Å². The predicted octanol–water partition coefficient (Wildman–Crippen LogP) is 3.06. The van der Waals surface area contributed by atoms with Crippen molar-refractivity contribution in [2.24, 2.45) is 0 Å². The van der Waals surface area contributed by atoms with Crippen molar-refractivity contribution in [1.82, 2.24) is 4.98 Å². The molecule has 0 unspecified atom stereocenters. The van der Waals surface area contributed by atoms with Crippen LogP contribution in [0.25, 0.3) is 0 Å². The number of ether oxygens (including phenoxy) is 1. The Hall–Kier alpha value is -0.500. The topological polar surface area (TPSA) is 39.2 Å². The fourth-order valence-electron chi connectivity index (χ4n) is 0.871. The van der Waals surface area contributed by atoms with E-state index >= 15 is 0 Å². The number of hydrogen-bond acceptors (Lipinski definition) is 3. The van der Waals surface area contributed by atoms with E-state index in [1.54, 1.807) is 22.6 Å². The zero-order valence-corrected chi connectivity index (χ0v) is 10.3. The second kappa shape index (κ2) is 5.02. The van der Waals surface area contributed by atoms with Gasteiger partial charge in [-0.2, -0.15) is 0 Å². The molecular formula is C8H5ClF2INO2. The van der Waals surface area contributed by atoms with Gasteiger partial charge in [-0.05, 0) is 28.7 Å². The molecule has 82 valence electrons. The SMILES string of the molecule is COC(=O)c1cc(Cl)c(I)c(C(F)F)n1. The van der Waals surface area contributed by atoms with Crippen LogP contribution in [0.5, 0.6) is 0 Å². The van der Waals surface area contributed by atoms with E-state index in [1.807, 2.05) is 0 Å². The molecule has 15 heavy (non-hydrogen) atoms. The Morgan fingerprint density at radius 1 is 1.67 bits per heavy atom. The molecule has 1 aromatic heterocycles. The Morgan fingerprint density at radius 3 is 2.73 bits per heavy atom. The van der Waals surface area contributed by atoms with Crippen molar-refractivity contribution in [2.45, 2.75) is 6.43 Å². The maximum Gasteiger partial charge on any atom is 0.356 e. The third kappa shape index (κ3) is 2.75. The Labute approximate surface area is 103 Å². The quantitative estimate of drug-likeness (QED) is 0.610. The Bertz CT molecular complexity index is 400. The first-order valence-electron chi connectivity index (χ1n) is 3.69. The number of rotatable bonds is 2. The molecule has 7 heteroatoms. The highest BCUT2D eigenvalue weighted by Crippen LogP contribution is 2.28. The number of nitrogens with zero attached hydrogens (tertiary/aromatic N) is 1. The maximum atomic E-state index is 12.5. The van der Waals surface area contributed by atoms with Crippen molar-refractivity contribution in [3.05, 3.63) is 26.0 Å². The second-order valence-corrected chi connectivity index (χ2v) is 3.97. The predicted molar refractivity (Wildman–Crippen MR) is 58.3 cm³/mol. The Morgan fingerprint density at radius 2 is 2.27 bits per heavy atom. The summed E-state index contributed by atoms with van der Waals surface area (Å²) in [5.41, 5.74) is -0.735. The summed E-state index contributed by atoms with van der Waals surface area (Å²) in [6.45, 7) is 0. The zero-order valence-electron chi connectivity index (χ0n) is 7.43. The standard InChI is InChI=1S/C8H5ClF2INO2/c1-15-8(14)4-2-3(9)5(12)6(13-4)7(10)11/h2,7H,1H3. The van der Waals surface area contributed by atoms with Crippen LogP contribution in [0.2, 0.25) is 5.02 Å². The molecule has 0 amide bonds. The van der Waals surface area contributed by atoms with Crippen LogP contribution in [0.15, 0.2) is 6.07 Å². The van der Waals surface area contributed by atoms with Gasteiger partial charge >= 0.3 is 5.97 Å². The summed E-state index contributed by atoms with van der Waals surface area (Å²) in [6.07, 6.45) is -2.78. The lowest BCUT2D eigenvalue weighted by molar-refractivity contribution is 0.0592. The lowest BCUT2D eigenvalue weighted by Crippen LogP contribution is -2.08. The highest BCUT2D eigenvalue weighted by molar-refractivity contribution is 14.1. The van der Waals surface area contributed by atoms with Gasteiger partial charge < -0.3 is 4.74 Å². The number of alkyl halides is 2. The minimum absolute atomic E-state index is 0.0568. The fourth-order valence-corrected chi connectivity index (χ4v) is 1.58. The summed E-state index contributed by atoms with van der Waals surface area (Å²) >= 11 is 7.32. The van der Waals surface area contributed by atoms with Crippen LogP contribution in [0, 0.1) is 3.57 Å². The van der Waals surface area contributed by atoms with E-state index in [0.29, 0.717) is 0 Å². The van der Waals surface area contributed by atoms with E-state index < -0.39 is 18.1 Å². The molecule has 0 N–H and O–H groups in total. The molecule has 0 aromatic carbocycles. The van der Waals surface area contributed by atoms with Crippen LogP contribution in [0.3, 0.4) is 0 Å². The number of pyridine rings is 1. The summed E-state index contributed by atoms with van der Waals surface area (Å²) in [6, 6.07) is 1.20. The normalized spacial score (nSPS) is 10.5. The van der Waals surface area contributed by atoms with Gasteiger partial charge in [-0.25, -0.2) is 18.6 Å². The van der Waals surface area contributed by atoms with Crippen molar-refractivity contribution in [2.75, 3.05) is 7.11 Å². The van der Waals surface area contributed by atoms with Crippen LogP contribution in [0.4, 0.5) is 8.78 Å². The largest absolute Gasteiger partial charge is 0.464 e. The van der Waals surface area contributed by atoms with E-state index in [2.05, 4.69) is 9.72 Å². The summed E-state index contributed by atoms with van der Waals surface area (Å²) in [5.74, 6) is -0.796. The average molecular weight is 347 g/mol. The van der Waals surface area contributed by atoms with Crippen molar-refractivity contribution in [3.63, 3.8) is 0 Å². The van der Waals surface area contributed by atoms with Gasteiger partial charge in [0.2, 0.25) is 0 Å². The lowest BCUT2D eigenvalue weighted by Gasteiger charge is -2.06. The molecule has 0 aliphatic rings. The number of halogens is 4. The summed E-state index contributed by atoms with van der Waals surface area (Å²) in [5, 5.41) is 0.0568. The molecule has 0 saturated carbocycles. The molecule has 0 fully saturated rings. The Kier molecular flexibility index (Phi) is 4.21. The van der Waals surface area contributed by atoms with Crippen LogP contribution in [-0.4, -0.2) is 18.1 Å². The highest BCUT2D eigenvalue weighted by Gasteiger charge is 2.20. The van der Waals surface area contributed by atoms with Crippen molar-refractivity contribution in [1.29, 1.82) is 0 Å². The molecule has 0 atom stereocenters. The van der Waals surface area contributed by atoms with E-state index in [-0.39, 0.29) is 14.3 Å². The Balaban J connectivity index is 3.29. The molecular weight excluding hydrogens is 342 g/mol. The molecule has 1 heterocycles. The fraction of sp³-hybridized carbons (Fsp3) is 0.250. The van der Waals surface area contributed by atoms with Crippen molar-refractivity contribution in [3.8, 4) is 0 Å². The number of aromatic nitrogens is 1. The van der Waals surface area contributed by atoms with Gasteiger partial charge in [-0.15, -0.1) is 0 Å². The van der Waals surface area contributed by atoms with Gasteiger partial charge in [0.05, 0.1) is 15.7 Å². The third-order valence-electron chi connectivity index (χ3n) is 1.54. The maximum absolute atomic E-state index is 12.5. The van der Waals surface area contributed by atoms with Crippen molar-refractivity contribution < 1.29 is 18.3 Å². The van der Waals surface area contributed by atoms with Gasteiger partial charge in [0.15, 0.2) is 0 Å². The first-order chi connectivity index (χ1) is 6.97. The van der Waals surface area contributed by atoms with Crippen molar-refractivity contribution >= 4 is 40.2 Å². The molecule has 0 radical (unpaired) electrons. The first-order valence-corrected chi connectivity index (χ1v) is 5.15. The van der Waals surface area contributed by atoms with Gasteiger partial charge in [0, 0.05) is 0 Å². The lowest BCUT2D eigenvalue weighted by atomic mass is 10.3. The molecule has 3 nitrogen and oxygen atoms in total. The average Bonchev–Trinajstić information content (AvgIpc) is 2.20. The van der Waals surface area contributed by atoms with Crippen LogP contribution in [-0.2, 0) is 4.74 Å². The van der Waals surface area contributed by atoms with Gasteiger partial charge in [0.25, 0.3) is 6.43 Å². The minimum atomic E-state index is -2.78. The molecule has 0 spiro atoms. The van der Waals surface area contributed by atoms with E-state index in [0.717, 1.165) is 7.11 Å². The number of carbonyl (C=O) groups excluding carboxylic acids is 1. The number of hydrogen-bond donors (Lipinski definition) is 0. The highest BCUT2D eigenvalue weighted by atomic mass is 127.